The number of carbonyl (C=O) groups is 2. The fraction of sp³-hybridized carbons (Fsp3) is 0.391. The lowest BCUT2D eigenvalue weighted by atomic mass is 10.1. The number of amides is 2. The standard InChI is InChI=1S/C23H30ClN3O5S/c1-6-20(23(29)25-3)26(14-17-10-8-7-9-16(17)2)22(28)15-27(33(5,30)31)18-11-12-21(32-4)19(24)13-18/h7-13,20H,6,14-15H2,1-5H3,(H,25,29)/t20-/m1/s1. The summed E-state index contributed by atoms with van der Waals surface area (Å²) in [7, 11) is -0.883. The van der Waals surface area contributed by atoms with Crippen LogP contribution in [0.15, 0.2) is 42.5 Å². The van der Waals surface area contributed by atoms with E-state index in [9.17, 15) is 18.0 Å². The number of benzene rings is 2. The largest absolute Gasteiger partial charge is 0.495 e. The molecule has 0 heterocycles. The molecule has 0 aromatic heterocycles. The number of carbonyl (C=O) groups excluding carboxylic acids is 2. The minimum atomic E-state index is -3.84. The van der Waals surface area contributed by atoms with Crippen molar-refractivity contribution in [1.29, 1.82) is 0 Å². The Bertz CT molecular complexity index is 1110. The summed E-state index contributed by atoms with van der Waals surface area (Å²) in [6, 6.07) is 11.3. The van der Waals surface area contributed by atoms with Crippen LogP contribution in [-0.2, 0) is 26.2 Å². The zero-order chi connectivity index (χ0) is 24.8. The van der Waals surface area contributed by atoms with Gasteiger partial charge in [0.1, 0.15) is 18.3 Å². The first-order valence-electron chi connectivity index (χ1n) is 10.4. The molecule has 0 bridgehead atoms. The van der Waals surface area contributed by atoms with E-state index in [0.29, 0.717) is 12.2 Å². The topological polar surface area (TPSA) is 96.0 Å². The first kappa shape index (κ1) is 26.5. The van der Waals surface area contributed by atoms with E-state index in [-0.39, 0.29) is 23.2 Å². The molecule has 180 valence electrons. The molecule has 0 fully saturated rings. The Morgan fingerprint density at radius 3 is 2.36 bits per heavy atom. The summed E-state index contributed by atoms with van der Waals surface area (Å²) in [5, 5.41) is 2.80. The third kappa shape index (κ3) is 6.61. The first-order valence-corrected chi connectivity index (χ1v) is 12.6. The van der Waals surface area contributed by atoms with E-state index < -0.39 is 28.5 Å². The second-order valence-electron chi connectivity index (χ2n) is 7.57. The lowest BCUT2D eigenvalue weighted by molar-refractivity contribution is -0.140. The van der Waals surface area contributed by atoms with Gasteiger partial charge in [-0.25, -0.2) is 8.42 Å². The van der Waals surface area contributed by atoms with Crippen LogP contribution in [0, 0.1) is 6.92 Å². The number of ether oxygens (including phenoxy) is 1. The molecule has 0 spiro atoms. The summed E-state index contributed by atoms with van der Waals surface area (Å²) in [6.45, 7) is 3.40. The predicted octanol–water partition coefficient (Wildman–Crippen LogP) is 2.98. The Morgan fingerprint density at radius 2 is 1.85 bits per heavy atom. The molecule has 33 heavy (non-hydrogen) atoms. The molecule has 2 rings (SSSR count). The van der Waals surface area contributed by atoms with Gasteiger partial charge in [-0.1, -0.05) is 42.8 Å². The Balaban J connectivity index is 2.46. The number of hydrogen-bond acceptors (Lipinski definition) is 5. The van der Waals surface area contributed by atoms with Crippen molar-refractivity contribution in [3.63, 3.8) is 0 Å². The van der Waals surface area contributed by atoms with Gasteiger partial charge in [0.25, 0.3) is 0 Å². The molecule has 2 aromatic carbocycles. The third-order valence-electron chi connectivity index (χ3n) is 5.34. The quantitative estimate of drug-likeness (QED) is 0.546. The van der Waals surface area contributed by atoms with Crippen LogP contribution in [0.1, 0.15) is 24.5 Å². The fourth-order valence-electron chi connectivity index (χ4n) is 3.48. The highest BCUT2D eigenvalue weighted by atomic mass is 35.5. The summed E-state index contributed by atoms with van der Waals surface area (Å²) in [4.78, 5) is 27.5. The van der Waals surface area contributed by atoms with Crippen molar-refractivity contribution in [2.45, 2.75) is 32.9 Å². The van der Waals surface area contributed by atoms with Gasteiger partial charge in [0.2, 0.25) is 21.8 Å². The van der Waals surface area contributed by atoms with Crippen LogP contribution < -0.4 is 14.4 Å². The lowest BCUT2D eigenvalue weighted by Gasteiger charge is -2.33. The maximum atomic E-state index is 13.5. The third-order valence-corrected chi connectivity index (χ3v) is 6.77. The molecule has 8 nitrogen and oxygen atoms in total. The minimum absolute atomic E-state index is 0.165. The van der Waals surface area contributed by atoms with Crippen LogP contribution in [-0.4, -0.2) is 58.1 Å². The van der Waals surface area contributed by atoms with Crippen LogP contribution in [0.4, 0.5) is 5.69 Å². The molecule has 2 amide bonds. The van der Waals surface area contributed by atoms with Crippen molar-refractivity contribution in [3.05, 3.63) is 58.6 Å². The smallest absolute Gasteiger partial charge is 0.244 e. The van der Waals surface area contributed by atoms with Gasteiger partial charge < -0.3 is 15.0 Å². The van der Waals surface area contributed by atoms with E-state index in [1.807, 2.05) is 31.2 Å². The van der Waals surface area contributed by atoms with Gasteiger partial charge in [0.05, 0.1) is 24.1 Å². The van der Waals surface area contributed by atoms with Gasteiger partial charge in [-0.05, 0) is 42.7 Å². The number of sulfonamides is 1. The predicted molar refractivity (Wildman–Crippen MR) is 130 cm³/mol. The maximum absolute atomic E-state index is 13.5. The number of anilines is 1. The van der Waals surface area contributed by atoms with Crippen LogP contribution in [0.3, 0.4) is 0 Å². The first-order chi connectivity index (χ1) is 15.5. The molecule has 1 atom stereocenters. The molecule has 0 aliphatic heterocycles. The van der Waals surface area contributed by atoms with E-state index in [1.54, 1.807) is 6.92 Å². The highest BCUT2D eigenvalue weighted by Gasteiger charge is 2.31. The van der Waals surface area contributed by atoms with E-state index in [0.717, 1.165) is 21.7 Å². The Kier molecular flexibility index (Phi) is 9.13. The van der Waals surface area contributed by atoms with Gasteiger partial charge in [-0.2, -0.15) is 0 Å². The van der Waals surface area contributed by atoms with Gasteiger partial charge in [-0.3, -0.25) is 13.9 Å². The number of halogens is 1. The number of hydrogen-bond donors (Lipinski definition) is 1. The van der Waals surface area contributed by atoms with Crippen LogP contribution in [0.5, 0.6) is 5.75 Å². The molecule has 10 heteroatoms. The summed E-state index contributed by atoms with van der Waals surface area (Å²) in [6.07, 6.45) is 1.38. The molecule has 0 unspecified atom stereocenters. The number of methoxy groups -OCH3 is 1. The SMILES string of the molecule is CC[C@H](C(=O)NC)N(Cc1ccccc1C)C(=O)CN(c1ccc(OC)c(Cl)c1)S(C)(=O)=O. The van der Waals surface area contributed by atoms with Gasteiger partial charge in [-0.15, -0.1) is 0 Å². The van der Waals surface area contributed by atoms with Crippen molar-refractivity contribution in [2.75, 3.05) is 31.3 Å². The molecule has 0 aliphatic carbocycles. The maximum Gasteiger partial charge on any atom is 0.244 e. The van der Waals surface area contributed by atoms with Gasteiger partial charge in [0, 0.05) is 13.6 Å². The number of likely N-dealkylation sites (N-methyl/N-ethyl adjacent to an activating group) is 1. The summed E-state index contributed by atoms with van der Waals surface area (Å²) < 4.78 is 31.3. The Morgan fingerprint density at radius 1 is 1.18 bits per heavy atom. The average molecular weight is 496 g/mol. The van der Waals surface area contributed by atoms with Crippen molar-refractivity contribution in [3.8, 4) is 5.75 Å². The number of nitrogens with one attached hydrogen (secondary N) is 1. The average Bonchev–Trinajstić information content (AvgIpc) is 2.77. The molecule has 0 aliphatic rings. The highest BCUT2D eigenvalue weighted by molar-refractivity contribution is 7.92. The fourth-order valence-corrected chi connectivity index (χ4v) is 4.57. The summed E-state index contributed by atoms with van der Waals surface area (Å²) in [5.74, 6) is -0.448. The second-order valence-corrected chi connectivity index (χ2v) is 9.89. The highest BCUT2D eigenvalue weighted by Crippen LogP contribution is 2.30. The van der Waals surface area contributed by atoms with E-state index in [4.69, 9.17) is 16.3 Å². The Hall–Kier alpha value is -2.78. The van der Waals surface area contributed by atoms with E-state index in [2.05, 4.69) is 5.32 Å². The van der Waals surface area contributed by atoms with Crippen LogP contribution in [0.2, 0.25) is 5.02 Å². The molecular formula is C23H30ClN3O5S. The molecule has 0 saturated heterocycles. The zero-order valence-electron chi connectivity index (χ0n) is 19.5. The summed E-state index contributed by atoms with van der Waals surface area (Å²) >= 11 is 6.19. The van der Waals surface area contributed by atoms with Gasteiger partial charge >= 0.3 is 0 Å². The van der Waals surface area contributed by atoms with Gasteiger partial charge in [0.15, 0.2) is 0 Å². The van der Waals surface area contributed by atoms with Crippen molar-refractivity contribution in [1.82, 2.24) is 10.2 Å². The second kappa shape index (κ2) is 11.4. The number of nitrogens with zero attached hydrogens (tertiary/aromatic N) is 2. The molecule has 1 N–H and O–H groups in total. The molecular weight excluding hydrogens is 466 g/mol. The van der Waals surface area contributed by atoms with Crippen molar-refractivity contribution >= 4 is 39.1 Å². The van der Waals surface area contributed by atoms with Crippen LogP contribution in [0.25, 0.3) is 0 Å². The lowest BCUT2D eigenvalue weighted by Crippen LogP contribution is -2.51. The monoisotopic (exact) mass is 495 g/mol. The zero-order valence-corrected chi connectivity index (χ0v) is 21.0. The minimum Gasteiger partial charge on any atom is -0.495 e. The van der Waals surface area contributed by atoms with Crippen molar-refractivity contribution in [2.24, 2.45) is 0 Å². The van der Waals surface area contributed by atoms with Crippen LogP contribution >= 0.6 is 11.6 Å². The van der Waals surface area contributed by atoms with Crippen molar-refractivity contribution < 1.29 is 22.7 Å². The molecule has 0 radical (unpaired) electrons. The molecule has 0 saturated carbocycles. The van der Waals surface area contributed by atoms with E-state index in [1.165, 1.54) is 37.3 Å². The normalized spacial score (nSPS) is 12.1. The molecule has 2 aromatic rings. The summed E-state index contributed by atoms with van der Waals surface area (Å²) in [5.41, 5.74) is 2.05. The van der Waals surface area contributed by atoms with E-state index >= 15 is 0 Å². The number of rotatable bonds is 10. The number of aryl methyl sites for hydroxylation is 1. The Labute approximate surface area is 200 Å².